The van der Waals surface area contributed by atoms with Crippen LogP contribution in [0.3, 0.4) is 0 Å². The second-order valence-corrected chi connectivity index (χ2v) is 9.56. The first-order valence-electron chi connectivity index (χ1n) is 11.3. The lowest BCUT2D eigenvalue weighted by Gasteiger charge is -2.37. The average Bonchev–Trinajstić information content (AvgIpc) is 3.33. The van der Waals surface area contributed by atoms with E-state index >= 15 is 0 Å². The van der Waals surface area contributed by atoms with E-state index in [2.05, 4.69) is 94.4 Å². The summed E-state index contributed by atoms with van der Waals surface area (Å²) in [6.45, 7) is 6.34. The minimum atomic E-state index is 0.303. The van der Waals surface area contributed by atoms with E-state index in [1.54, 1.807) is 6.08 Å². The van der Waals surface area contributed by atoms with Gasteiger partial charge < -0.3 is 10.1 Å². The van der Waals surface area contributed by atoms with Gasteiger partial charge in [-0.05, 0) is 88.3 Å². The first-order chi connectivity index (χ1) is 16.1. The molecule has 3 atom stereocenters. The molecule has 3 aromatic rings. The van der Waals surface area contributed by atoms with E-state index < -0.39 is 0 Å². The van der Waals surface area contributed by atoms with Gasteiger partial charge in [0, 0.05) is 17.8 Å². The van der Waals surface area contributed by atoms with Crippen molar-refractivity contribution in [3.8, 4) is 5.75 Å². The molecular formula is C29H27BrN2O. The van der Waals surface area contributed by atoms with E-state index in [-0.39, 0.29) is 0 Å². The summed E-state index contributed by atoms with van der Waals surface area (Å²) < 4.78 is 6.52. The summed E-state index contributed by atoms with van der Waals surface area (Å²) in [5, 5.41) is 3.81. The molecule has 0 unspecified atom stereocenters. The van der Waals surface area contributed by atoms with Crippen LogP contribution in [0.15, 0.2) is 94.9 Å². The van der Waals surface area contributed by atoms with Gasteiger partial charge in [0.2, 0.25) is 0 Å². The summed E-state index contributed by atoms with van der Waals surface area (Å²) in [6.07, 6.45) is 9.45. The first kappa shape index (κ1) is 21.7. The molecule has 33 heavy (non-hydrogen) atoms. The van der Waals surface area contributed by atoms with E-state index in [1.807, 2.05) is 24.4 Å². The number of allylic oxidation sites excluding steroid dienone is 2. The van der Waals surface area contributed by atoms with Gasteiger partial charge in [-0.2, -0.15) is 0 Å². The van der Waals surface area contributed by atoms with Gasteiger partial charge in [-0.1, -0.05) is 54.6 Å². The van der Waals surface area contributed by atoms with Crippen LogP contribution in [-0.4, -0.2) is 12.8 Å². The summed E-state index contributed by atoms with van der Waals surface area (Å²) in [7, 11) is 0. The van der Waals surface area contributed by atoms with E-state index in [9.17, 15) is 0 Å². The predicted molar refractivity (Wildman–Crippen MR) is 141 cm³/mol. The Hall–Kier alpha value is -3.11. The van der Waals surface area contributed by atoms with Gasteiger partial charge in [0.05, 0.1) is 16.2 Å². The molecule has 1 aliphatic carbocycles. The van der Waals surface area contributed by atoms with Crippen LogP contribution < -0.4 is 10.1 Å². The highest BCUT2D eigenvalue weighted by Gasteiger charge is 2.37. The summed E-state index contributed by atoms with van der Waals surface area (Å²) in [6, 6.07) is 21.6. The van der Waals surface area contributed by atoms with Crippen LogP contribution in [-0.2, 0) is 0 Å². The number of hydrogen-bond acceptors (Lipinski definition) is 3. The van der Waals surface area contributed by atoms with Crippen molar-refractivity contribution in [2.45, 2.75) is 25.3 Å². The molecule has 0 bridgehead atoms. The van der Waals surface area contributed by atoms with Crippen LogP contribution in [0.25, 0.3) is 0 Å². The fourth-order valence-corrected chi connectivity index (χ4v) is 5.33. The van der Waals surface area contributed by atoms with Gasteiger partial charge in [0.25, 0.3) is 0 Å². The smallest absolute Gasteiger partial charge is 0.133 e. The number of rotatable bonds is 6. The van der Waals surface area contributed by atoms with Crippen LogP contribution in [0.4, 0.5) is 11.4 Å². The zero-order valence-electron chi connectivity index (χ0n) is 18.7. The Bertz CT molecular complexity index is 1230. The van der Waals surface area contributed by atoms with Crippen molar-refractivity contribution in [3.05, 3.63) is 112 Å². The van der Waals surface area contributed by atoms with Gasteiger partial charge in [-0.15, -0.1) is 0 Å². The Morgan fingerprint density at radius 1 is 1.12 bits per heavy atom. The second-order valence-electron chi connectivity index (χ2n) is 8.71. The van der Waals surface area contributed by atoms with Crippen molar-refractivity contribution in [1.82, 2.24) is 0 Å². The Balaban J connectivity index is 1.32. The van der Waals surface area contributed by atoms with E-state index in [1.165, 1.54) is 22.4 Å². The van der Waals surface area contributed by atoms with Crippen LogP contribution in [0.1, 0.15) is 40.6 Å². The van der Waals surface area contributed by atoms with Crippen molar-refractivity contribution >= 4 is 33.5 Å². The quantitative estimate of drug-likeness (QED) is 0.276. The van der Waals surface area contributed by atoms with Crippen molar-refractivity contribution in [1.29, 1.82) is 0 Å². The van der Waals surface area contributed by atoms with Crippen molar-refractivity contribution in [2.75, 3.05) is 11.9 Å². The van der Waals surface area contributed by atoms with Gasteiger partial charge in [0.1, 0.15) is 12.4 Å². The predicted octanol–water partition coefficient (Wildman–Crippen LogP) is 7.90. The molecule has 4 heteroatoms. The molecule has 0 spiro atoms. The van der Waals surface area contributed by atoms with Crippen molar-refractivity contribution in [3.63, 3.8) is 0 Å². The molecule has 0 radical (unpaired) electrons. The topological polar surface area (TPSA) is 33.6 Å². The molecule has 1 aliphatic heterocycles. The Morgan fingerprint density at radius 2 is 1.97 bits per heavy atom. The van der Waals surface area contributed by atoms with Crippen LogP contribution in [0.2, 0.25) is 0 Å². The number of ether oxygens (including phenoxy) is 1. The fourth-order valence-electron chi connectivity index (χ4n) is 4.82. The van der Waals surface area contributed by atoms with E-state index in [4.69, 9.17) is 4.74 Å². The molecule has 166 valence electrons. The molecule has 0 fully saturated rings. The van der Waals surface area contributed by atoms with Crippen LogP contribution in [0, 0.1) is 12.8 Å². The lowest BCUT2D eigenvalue weighted by Crippen LogP contribution is -2.29. The molecule has 0 amide bonds. The zero-order valence-corrected chi connectivity index (χ0v) is 20.3. The second kappa shape index (κ2) is 9.40. The molecule has 2 aliphatic rings. The molecule has 1 heterocycles. The number of anilines is 1. The largest absolute Gasteiger partial charge is 0.488 e. The number of fused-ring (bicyclic) bond motifs is 3. The van der Waals surface area contributed by atoms with Crippen LogP contribution in [0.5, 0.6) is 5.75 Å². The third kappa shape index (κ3) is 4.53. The monoisotopic (exact) mass is 498 g/mol. The summed E-state index contributed by atoms with van der Waals surface area (Å²) in [5.41, 5.74) is 7.27. The minimum Gasteiger partial charge on any atom is -0.488 e. The maximum atomic E-state index is 5.61. The highest BCUT2D eigenvalue weighted by atomic mass is 79.9. The zero-order chi connectivity index (χ0) is 22.8. The highest BCUT2D eigenvalue weighted by molar-refractivity contribution is 9.10. The van der Waals surface area contributed by atoms with Crippen molar-refractivity contribution in [2.24, 2.45) is 10.9 Å². The van der Waals surface area contributed by atoms with Crippen LogP contribution >= 0.6 is 15.9 Å². The lowest BCUT2D eigenvalue weighted by atomic mass is 9.76. The number of aliphatic imine (C=N–C) groups is 1. The SMILES string of the molecule is C=CCOc1ccc(C=Nc2ccc([C@@H]3Nc4ccc(C)cc4[C@H]4C=CC[C@@H]43)cc2)cc1Br. The first-order valence-corrected chi connectivity index (χ1v) is 12.1. The number of hydrogen-bond donors (Lipinski definition) is 1. The third-order valence-electron chi connectivity index (χ3n) is 6.45. The minimum absolute atomic E-state index is 0.303. The van der Waals surface area contributed by atoms with E-state index in [0.717, 1.165) is 27.9 Å². The maximum absolute atomic E-state index is 5.61. The molecule has 0 aromatic heterocycles. The molecule has 3 aromatic carbocycles. The number of nitrogens with zero attached hydrogens (tertiary/aromatic N) is 1. The summed E-state index contributed by atoms with van der Waals surface area (Å²) in [5.74, 6) is 1.83. The van der Waals surface area contributed by atoms with E-state index in [0.29, 0.717) is 24.5 Å². The standard InChI is InChI=1S/C29H27BrN2O/c1-3-15-33-28-14-8-20(17-26(28)30)18-31-22-11-9-21(10-12-22)29-24-6-4-5-23(24)25-16-19(2)7-13-27(25)32-29/h3-5,7-14,16-18,23-24,29,32H,1,6,15H2,2H3/t23-,24-,29-/m0/s1. The molecular weight excluding hydrogens is 472 g/mol. The normalized spacial score (nSPS) is 20.8. The average molecular weight is 499 g/mol. The Kier molecular flexibility index (Phi) is 6.19. The number of benzene rings is 3. The Labute approximate surface area is 204 Å². The lowest BCUT2D eigenvalue weighted by molar-refractivity contribution is 0.361. The summed E-state index contributed by atoms with van der Waals surface area (Å²) >= 11 is 3.56. The molecule has 0 saturated carbocycles. The number of halogens is 1. The molecule has 5 rings (SSSR count). The number of nitrogens with one attached hydrogen (secondary N) is 1. The van der Waals surface area contributed by atoms with Gasteiger partial charge in [-0.3, -0.25) is 4.99 Å². The molecule has 1 N–H and O–H groups in total. The van der Waals surface area contributed by atoms with Gasteiger partial charge in [0.15, 0.2) is 0 Å². The molecule has 0 saturated heterocycles. The summed E-state index contributed by atoms with van der Waals surface area (Å²) in [4.78, 5) is 4.67. The third-order valence-corrected chi connectivity index (χ3v) is 7.07. The fraction of sp³-hybridized carbons (Fsp3) is 0.207. The van der Waals surface area contributed by atoms with Gasteiger partial charge >= 0.3 is 0 Å². The maximum Gasteiger partial charge on any atom is 0.133 e. The van der Waals surface area contributed by atoms with Crippen molar-refractivity contribution < 1.29 is 4.74 Å². The Morgan fingerprint density at radius 3 is 2.76 bits per heavy atom. The van der Waals surface area contributed by atoms with Gasteiger partial charge in [-0.25, -0.2) is 0 Å². The number of aryl methyl sites for hydroxylation is 1. The highest BCUT2D eigenvalue weighted by Crippen LogP contribution is 2.50. The molecule has 3 nitrogen and oxygen atoms in total.